The maximum absolute atomic E-state index is 13.3. The minimum absolute atomic E-state index is 0.0871. The highest BCUT2D eigenvalue weighted by Crippen LogP contribution is 2.36. The number of hydrogen-bond donors (Lipinski definition) is 3. The third kappa shape index (κ3) is 4.89. The Kier molecular flexibility index (Phi) is 6.72. The second kappa shape index (κ2) is 10.1. The third-order valence-electron chi connectivity index (χ3n) is 7.60. The van der Waals surface area contributed by atoms with Crippen molar-refractivity contribution in [1.29, 1.82) is 0 Å². The van der Waals surface area contributed by atoms with E-state index in [-0.39, 0.29) is 17.7 Å². The number of H-pyrrole nitrogens is 1. The van der Waals surface area contributed by atoms with Gasteiger partial charge in [0, 0.05) is 49.7 Å². The lowest BCUT2D eigenvalue weighted by Crippen LogP contribution is -2.45. The summed E-state index contributed by atoms with van der Waals surface area (Å²) in [5.41, 5.74) is 9.71. The SMILES string of the molecule is CNC(=O)c1[nH]c2ccccc2c1C1CCN(C(=O)C2CCN(Cc3ccnc(N)c3)CC2)CC1. The summed E-state index contributed by atoms with van der Waals surface area (Å²) in [5.74, 6) is 1.11. The van der Waals surface area contributed by atoms with Gasteiger partial charge in [0.15, 0.2) is 0 Å². The van der Waals surface area contributed by atoms with Crippen LogP contribution in [0.15, 0.2) is 42.6 Å². The first-order valence-electron chi connectivity index (χ1n) is 12.6. The van der Waals surface area contributed by atoms with E-state index in [9.17, 15) is 9.59 Å². The predicted octanol–water partition coefficient (Wildman–Crippen LogP) is 3.12. The summed E-state index contributed by atoms with van der Waals surface area (Å²) in [6, 6.07) is 12.0. The van der Waals surface area contributed by atoms with Crippen LogP contribution in [0.4, 0.5) is 5.82 Å². The van der Waals surface area contributed by atoms with Crippen molar-refractivity contribution >= 4 is 28.5 Å². The number of aromatic amines is 1. The molecular weight excluding hydrogens is 440 g/mol. The molecule has 0 radical (unpaired) electrons. The van der Waals surface area contributed by atoms with E-state index in [0.29, 0.717) is 17.4 Å². The van der Waals surface area contributed by atoms with Gasteiger partial charge in [-0.05, 0) is 74.0 Å². The summed E-state index contributed by atoms with van der Waals surface area (Å²) in [7, 11) is 1.66. The maximum Gasteiger partial charge on any atom is 0.267 e. The molecule has 0 atom stereocenters. The van der Waals surface area contributed by atoms with E-state index in [4.69, 9.17) is 5.73 Å². The van der Waals surface area contributed by atoms with E-state index < -0.39 is 0 Å². The average Bonchev–Trinajstić information content (AvgIpc) is 3.28. The van der Waals surface area contributed by atoms with Crippen LogP contribution in [0.3, 0.4) is 0 Å². The molecule has 1 aromatic carbocycles. The van der Waals surface area contributed by atoms with E-state index in [1.54, 1.807) is 13.2 Å². The van der Waals surface area contributed by atoms with Crippen LogP contribution in [0.5, 0.6) is 0 Å². The molecule has 2 aromatic heterocycles. The Hall–Kier alpha value is -3.39. The molecule has 2 saturated heterocycles. The summed E-state index contributed by atoms with van der Waals surface area (Å²) >= 11 is 0. The van der Waals surface area contributed by atoms with Crippen molar-refractivity contribution < 1.29 is 9.59 Å². The van der Waals surface area contributed by atoms with Gasteiger partial charge in [0.25, 0.3) is 5.91 Å². The number of anilines is 1. The molecule has 35 heavy (non-hydrogen) atoms. The number of nitrogens with one attached hydrogen (secondary N) is 2. The smallest absolute Gasteiger partial charge is 0.267 e. The number of likely N-dealkylation sites (tertiary alicyclic amines) is 2. The fourth-order valence-corrected chi connectivity index (χ4v) is 5.73. The number of carbonyl (C=O) groups excluding carboxylic acids is 2. The van der Waals surface area contributed by atoms with Gasteiger partial charge < -0.3 is 20.9 Å². The lowest BCUT2D eigenvalue weighted by molar-refractivity contribution is -0.138. The average molecular weight is 475 g/mol. The molecular formula is C27H34N6O2. The number of aromatic nitrogens is 2. The fraction of sp³-hybridized carbons (Fsp3) is 0.444. The lowest BCUT2D eigenvalue weighted by Gasteiger charge is -2.37. The Morgan fingerprint density at radius 3 is 2.54 bits per heavy atom. The Labute approximate surface area is 205 Å². The van der Waals surface area contributed by atoms with E-state index in [1.807, 2.05) is 30.3 Å². The van der Waals surface area contributed by atoms with Gasteiger partial charge in [0.2, 0.25) is 5.91 Å². The molecule has 2 aliphatic heterocycles. The maximum atomic E-state index is 13.3. The molecule has 0 unspecified atom stereocenters. The van der Waals surface area contributed by atoms with E-state index >= 15 is 0 Å². The quantitative estimate of drug-likeness (QED) is 0.527. The van der Waals surface area contributed by atoms with Gasteiger partial charge in [-0.2, -0.15) is 0 Å². The molecule has 2 aliphatic rings. The standard InChI is InChI=1S/C27H34N6O2/c1-29-26(34)25-24(21-4-2-3-5-22(21)31-25)19-9-14-33(15-10-19)27(35)20-7-12-32(13-8-20)17-18-6-11-30-23(28)16-18/h2-6,11,16,19-20,31H,7-10,12-15,17H2,1H3,(H2,28,30)(H,29,34). The largest absolute Gasteiger partial charge is 0.384 e. The Morgan fingerprint density at radius 2 is 1.83 bits per heavy atom. The Bertz CT molecular complexity index is 1210. The number of rotatable bonds is 5. The van der Waals surface area contributed by atoms with Crippen molar-refractivity contribution in [2.45, 2.75) is 38.1 Å². The highest BCUT2D eigenvalue weighted by atomic mass is 16.2. The topological polar surface area (TPSA) is 107 Å². The van der Waals surface area contributed by atoms with Crippen molar-refractivity contribution in [3.05, 3.63) is 59.4 Å². The first kappa shape index (κ1) is 23.4. The molecule has 2 amide bonds. The van der Waals surface area contributed by atoms with Gasteiger partial charge in [0.1, 0.15) is 11.5 Å². The van der Waals surface area contributed by atoms with Crippen molar-refractivity contribution in [3.63, 3.8) is 0 Å². The predicted molar refractivity (Wildman–Crippen MR) is 137 cm³/mol. The van der Waals surface area contributed by atoms with Crippen LogP contribution in [-0.2, 0) is 11.3 Å². The van der Waals surface area contributed by atoms with Crippen LogP contribution < -0.4 is 11.1 Å². The van der Waals surface area contributed by atoms with Gasteiger partial charge in [-0.15, -0.1) is 0 Å². The third-order valence-corrected chi connectivity index (χ3v) is 7.60. The van der Waals surface area contributed by atoms with Crippen LogP contribution in [0.25, 0.3) is 10.9 Å². The zero-order chi connectivity index (χ0) is 24.4. The minimum atomic E-state index is -0.0871. The van der Waals surface area contributed by atoms with Crippen LogP contribution in [0.1, 0.15) is 53.2 Å². The first-order chi connectivity index (χ1) is 17.0. The number of para-hydroxylation sites is 1. The van der Waals surface area contributed by atoms with Crippen molar-refractivity contribution in [3.8, 4) is 0 Å². The summed E-state index contributed by atoms with van der Waals surface area (Å²) in [4.78, 5) is 37.7. The van der Waals surface area contributed by atoms with Crippen LogP contribution in [0, 0.1) is 5.92 Å². The molecule has 0 aliphatic carbocycles. The normalized spacial score (nSPS) is 18.1. The molecule has 0 saturated carbocycles. The summed E-state index contributed by atoms with van der Waals surface area (Å²) < 4.78 is 0. The van der Waals surface area contributed by atoms with Crippen molar-refractivity contribution in [1.82, 2.24) is 25.1 Å². The number of piperidine rings is 2. The molecule has 184 valence electrons. The Morgan fingerprint density at radius 1 is 1.09 bits per heavy atom. The minimum Gasteiger partial charge on any atom is -0.384 e. The van der Waals surface area contributed by atoms with Gasteiger partial charge in [-0.3, -0.25) is 14.5 Å². The second-order valence-electron chi connectivity index (χ2n) is 9.78. The Balaban J connectivity index is 1.18. The summed E-state index contributed by atoms with van der Waals surface area (Å²) in [6.07, 6.45) is 5.28. The van der Waals surface area contributed by atoms with E-state index in [1.165, 1.54) is 0 Å². The zero-order valence-corrected chi connectivity index (χ0v) is 20.3. The molecule has 2 fully saturated rings. The van der Waals surface area contributed by atoms with Gasteiger partial charge in [-0.25, -0.2) is 4.98 Å². The lowest BCUT2D eigenvalue weighted by atomic mass is 9.86. The zero-order valence-electron chi connectivity index (χ0n) is 20.3. The number of benzene rings is 1. The fourth-order valence-electron chi connectivity index (χ4n) is 5.73. The number of nitrogens with zero attached hydrogens (tertiary/aromatic N) is 3. The van der Waals surface area contributed by atoms with Gasteiger partial charge in [0.05, 0.1) is 0 Å². The monoisotopic (exact) mass is 474 g/mol. The number of fused-ring (bicyclic) bond motifs is 1. The molecule has 4 N–H and O–H groups in total. The molecule has 0 spiro atoms. The first-order valence-corrected chi connectivity index (χ1v) is 12.6. The molecule has 0 bridgehead atoms. The summed E-state index contributed by atoms with van der Waals surface area (Å²) in [5, 5.41) is 3.88. The highest BCUT2D eigenvalue weighted by Gasteiger charge is 2.33. The highest BCUT2D eigenvalue weighted by molar-refractivity contribution is 6.01. The van der Waals surface area contributed by atoms with Crippen LogP contribution >= 0.6 is 0 Å². The number of carbonyl (C=O) groups is 2. The van der Waals surface area contributed by atoms with Crippen LogP contribution in [0.2, 0.25) is 0 Å². The number of amides is 2. The van der Waals surface area contributed by atoms with E-state index in [0.717, 1.165) is 80.4 Å². The van der Waals surface area contributed by atoms with Crippen molar-refractivity contribution in [2.24, 2.45) is 5.92 Å². The molecule has 8 heteroatoms. The van der Waals surface area contributed by atoms with Crippen LogP contribution in [-0.4, -0.2) is 64.8 Å². The summed E-state index contributed by atoms with van der Waals surface area (Å²) in [6.45, 7) is 4.16. The van der Waals surface area contributed by atoms with Crippen molar-refractivity contribution in [2.75, 3.05) is 39.0 Å². The number of nitrogen functional groups attached to an aromatic ring is 1. The van der Waals surface area contributed by atoms with E-state index in [2.05, 4.69) is 31.2 Å². The number of nitrogens with two attached hydrogens (primary N) is 1. The molecule has 4 heterocycles. The van der Waals surface area contributed by atoms with Gasteiger partial charge >= 0.3 is 0 Å². The number of pyridine rings is 1. The number of hydrogen-bond acceptors (Lipinski definition) is 5. The second-order valence-corrected chi connectivity index (χ2v) is 9.78. The molecule has 8 nitrogen and oxygen atoms in total. The molecule has 3 aromatic rings. The van der Waals surface area contributed by atoms with Gasteiger partial charge in [-0.1, -0.05) is 18.2 Å². The molecule has 5 rings (SSSR count).